The van der Waals surface area contributed by atoms with Crippen LogP contribution in [0.15, 0.2) is 77.4 Å². The molecule has 0 fully saturated rings. The number of hydrogen-bond acceptors (Lipinski definition) is 4. The van der Waals surface area contributed by atoms with E-state index in [0.717, 1.165) is 5.56 Å². The first-order chi connectivity index (χ1) is 13.6. The summed E-state index contributed by atoms with van der Waals surface area (Å²) in [5, 5.41) is 5.70. The molecule has 0 spiro atoms. The Labute approximate surface area is 164 Å². The van der Waals surface area contributed by atoms with Gasteiger partial charge in [0.1, 0.15) is 0 Å². The van der Waals surface area contributed by atoms with Crippen molar-refractivity contribution in [3.8, 4) is 0 Å². The van der Waals surface area contributed by atoms with Crippen LogP contribution in [0.1, 0.15) is 32.5 Å². The van der Waals surface area contributed by atoms with Gasteiger partial charge in [0.05, 0.1) is 23.6 Å². The molecule has 1 atom stereocenters. The summed E-state index contributed by atoms with van der Waals surface area (Å²) in [6.07, 6.45) is 1.43. The second-order valence-corrected chi connectivity index (χ2v) is 6.58. The summed E-state index contributed by atoms with van der Waals surface area (Å²) < 4.78 is 5.10. The number of anilines is 1. The van der Waals surface area contributed by atoms with E-state index in [1.54, 1.807) is 36.4 Å². The number of likely N-dealkylation sites (N-methyl/N-ethyl adjacent to an activating group) is 1. The summed E-state index contributed by atoms with van der Waals surface area (Å²) >= 11 is 0. The van der Waals surface area contributed by atoms with Gasteiger partial charge in [-0.25, -0.2) is 0 Å². The van der Waals surface area contributed by atoms with Gasteiger partial charge < -0.3 is 20.0 Å². The lowest BCUT2D eigenvalue weighted by Crippen LogP contribution is -2.35. The third kappa shape index (κ3) is 4.66. The van der Waals surface area contributed by atoms with E-state index in [-0.39, 0.29) is 17.7 Å². The molecule has 2 amide bonds. The van der Waals surface area contributed by atoms with Gasteiger partial charge in [-0.15, -0.1) is 0 Å². The van der Waals surface area contributed by atoms with Crippen molar-refractivity contribution in [1.29, 1.82) is 0 Å². The fourth-order valence-corrected chi connectivity index (χ4v) is 2.94. The van der Waals surface area contributed by atoms with Crippen molar-refractivity contribution in [2.45, 2.75) is 6.04 Å². The third-order valence-electron chi connectivity index (χ3n) is 4.43. The number of rotatable bonds is 7. The van der Waals surface area contributed by atoms with Crippen molar-refractivity contribution in [2.75, 3.05) is 26.0 Å². The highest BCUT2D eigenvalue weighted by atomic mass is 16.3. The van der Waals surface area contributed by atoms with Crippen molar-refractivity contribution >= 4 is 17.5 Å². The Hall–Kier alpha value is -3.38. The molecule has 0 radical (unpaired) electrons. The van der Waals surface area contributed by atoms with Crippen molar-refractivity contribution in [3.63, 3.8) is 0 Å². The molecule has 2 aromatic carbocycles. The molecule has 6 nitrogen and oxygen atoms in total. The number of nitrogens with one attached hydrogen (secondary N) is 2. The van der Waals surface area contributed by atoms with Gasteiger partial charge in [0.15, 0.2) is 5.76 Å². The van der Waals surface area contributed by atoms with E-state index in [0.29, 0.717) is 17.8 Å². The number of furan rings is 1. The second kappa shape index (κ2) is 9.01. The van der Waals surface area contributed by atoms with Crippen LogP contribution in [0.25, 0.3) is 0 Å². The normalized spacial score (nSPS) is 11.8. The summed E-state index contributed by atoms with van der Waals surface area (Å²) in [5.74, 6) is -0.467. The number of hydrogen-bond donors (Lipinski definition) is 2. The van der Waals surface area contributed by atoms with Crippen LogP contribution >= 0.6 is 0 Å². The van der Waals surface area contributed by atoms with E-state index in [2.05, 4.69) is 15.5 Å². The Bertz CT molecular complexity index is 921. The first-order valence-electron chi connectivity index (χ1n) is 8.99. The zero-order chi connectivity index (χ0) is 19.9. The Morgan fingerprint density at radius 2 is 1.64 bits per heavy atom. The lowest BCUT2D eigenvalue weighted by molar-refractivity contribution is 0.0943. The number of carbonyl (C=O) groups is 2. The summed E-state index contributed by atoms with van der Waals surface area (Å²) in [6.45, 7) is 0.441. The topological polar surface area (TPSA) is 74.6 Å². The molecule has 3 rings (SSSR count). The van der Waals surface area contributed by atoms with Crippen molar-refractivity contribution in [3.05, 3.63) is 89.9 Å². The Morgan fingerprint density at radius 1 is 0.929 bits per heavy atom. The molecule has 1 heterocycles. The minimum atomic E-state index is -0.402. The van der Waals surface area contributed by atoms with Crippen LogP contribution in [0.2, 0.25) is 0 Å². The van der Waals surface area contributed by atoms with E-state index in [9.17, 15) is 9.59 Å². The molecule has 0 bridgehead atoms. The van der Waals surface area contributed by atoms with E-state index in [1.807, 2.05) is 44.4 Å². The molecule has 28 heavy (non-hydrogen) atoms. The molecule has 0 saturated heterocycles. The Morgan fingerprint density at radius 3 is 2.32 bits per heavy atom. The monoisotopic (exact) mass is 377 g/mol. The van der Waals surface area contributed by atoms with Gasteiger partial charge in [-0.1, -0.05) is 42.5 Å². The predicted molar refractivity (Wildman–Crippen MR) is 108 cm³/mol. The molecule has 1 unspecified atom stereocenters. The van der Waals surface area contributed by atoms with E-state index in [1.165, 1.54) is 6.26 Å². The summed E-state index contributed by atoms with van der Waals surface area (Å²) in [5.41, 5.74) is 1.95. The fourth-order valence-electron chi connectivity index (χ4n) is 2.94. The summed E-state index contributed by atoms with van der Waals surface area (Å²) in [6, 6.07) is 20.1. The van der Waals surface area contributed by atoms with Gasteiger partial charge in [0.2, 0.25) is 0 Å². The maximum Gasteiger partial charge on any atom is 0.291 e. The minimum Gasteiger partial charge on any atom is -0.459 e. The van der Waals surface area contributed by atoms with E-state index >= 15 is 0 Å². The maximum atomic E-state index is 12.8. The van der Waals surface area contributed by atoms with E-state index < -0.39 is 5.91 Å². The first-order valence-corrected chi connectivity index (χ1v) is 8.99. The second-order valence-electron chi connectivity index (χ2n) is 6.58. The number of amides is 2. The zero-order valence-corrected chi connectivity index (χ0v) is 15.9. The fraction of sp³-hybridized carbons (Fsp3) is 0.182. The Kier molecular flexibility index (Phi) is 6.24. The van der Waals surface area contributed by atoms with Gasteiger partial charge in [-0.3, -0.25) is 9.59 Å². The molecule has 0 aliphatic heterocycles. The van der Waals surface area contributed by atoms with E-state index in [4.69, 9.17) is 4.42 Å². The minimum absolute atomic E-state index is 0.0371. The van der Waals surface area contributed by atoms with Gasteiger partial charge >= 0.3 is 0 Å². The number of nitrogens with zero attached hydrogens (tertiary/aromatic N) is 1. The third-order valence-corrected chi connectivity index (χ3v) is 4.43. The van der Waals surface area contributed by atoms with Crippen LogP contribution in [-0.2, 0) is 0 Å². The molecular formula is C22H23N3O3. The van der Waals surface area contributed by atoms with Gasteiger partial charge in [-0.05, 0) is 43.9 Å². The molecular weight excluding hydrogens is 354 g/mol. The summed E-state index contributed by atoms with van der Waals surface area (Å²) in [7, 11) is 3.95. The maximum absolute atomic E-state index is 12.8. The van der Waals surface area contributed by atoms with Crippen molar-refractivity contribution < 1.29 is 14.0 Å². The van der Waals surface area contributed by atoms with Crippen molar-refractivity contribution in [1.82, 2.24) is 10.2 Å². The molecule has 0 saturated carbocycles. The predicted octanol–water partition coefficient (Wildman–Crippen LogP) is 3.56. The van der Waals surface area contributed by atoms with Crippen LogP contribution < -0.4 is 10.6 Å². The average Bonchev–Trinajstić information content (AvgIpc) is 3.24. The summed E-state index contributed by atoms with van der Waals surface area (Å²) in [4.78, 5) is 27.1. The Balaban J connectivity index is 1.71. The number of carbonyl (C=O) groups excluding carboxylic acids is 2. The van der Waals surface area contributed by atoms with Gasteiger partial charge in [-0.2, -0.15) is 0 Å². The van der Waals surface area contributed by atoms with Gasteiger partial charge in [0.25, 0.3) is 11.8 Å². The lowest BCUT2D eigenvalue weighted by atomic mass is 10.1. The average molecular weight is 377 g/mol. The smallest absolute Gasteiger partial charge is 0.291 e. The van der Waals surface area contributed by atoms with Gasteiger partial charge in [0, 0.05) is 6.54 Å². The molecule has 6 heteroatoms. The van der Waals surface area contributed by atoms with Crippen LogP contribution in [0.5, 0.6) is 0 Å². The standard InChI is InChI=1S/C22H23N3O3/c1-25(2)19(16-9-4-3-5-10-16)15-23-21(26)17-11-6-7-12-18(17)24-22(27)20-13-8-14-28-20/h3-14,19H,15H2,1-2H3,(H,23,26)(H,24,27). The lowest BCUT2D eigenvalue weighted by Gasteiger charge is -2.25. The highest BCUT2D eigenvalue weighted by molar-refractivity contribution is 6.07. The quantitative estimate of drug-likeness (QED) is 0.660. The number of benzene rings is 2. The zero-order valence-electron chi connectivity index (χ0n) is 15.9. The molecule has 0 aliphatic carbocycles. The SMILES string of the molecule is CN(C)C(CNC(=O)c1ccccc1NC(=O)c1ccco1)c1ccccc1. The molecule has 144 valence electrons. The van der Waals surface area contributed by atoms with Crippen LogP contribution in [0.3, 0.4) is 0 Å². The van der Waals surface area contributed by atoms with Crippen LogP contribution in [0.4, 0.5) is 5.69 Å². The highest BCUT2D eigenvalue weighted by Crippen LogP contribution is 2.19. The number of para-hydroxylation sites is 1. The van der Waals surface area contributed by atoms with Crippen LogP contribution in [-0.4, -0.2) is 37.4 Å². The largest absolute Gasteiger partial charge is 0.459 e. The van der Waals surface area contributed by atoms with Crippen molar-refractivity contribution in [2.24, 2.45) is 0 Å². The molecule has 2 N–H and O–H groups in total. The highest BCUT2D eigenvalue weighted by Gasteiger charge is 2.18. The molecule has 3 aromatic rings. The first kappa shape index (κ1) is 19.4. The van der Waals surface area contributed by atoms with Crippen LogP contribution in [0, 0.1) is 0 Å². The molecule has 0 aliphatic rings. The molecule has 1 aromatic heterocycles.